The van der Waals surface area contributed by atoms with Crippen LogP contribution < -0.4 is 5.32 Å². The molecule has 2 aliphatic rings. The van der Waals surface area contributed by atoms with Gasteiger partial charge in [0.25, 0.3) is 11.8 Å². The number of ether oxygens (including phenoxy) is 2. The highest BCUT2D eigenvalue weighted by atomic mass is 16.7. The van der Waals surface area contributed by atoms with Crippen molar-refractivity contribution in [2.45, 2.75) is 18.6 Å². The van der Waals surface area contributed by atoms with Crippen LogP contribution in [0, 0.1) is 0 Å². The Balaban J connectivity index is 1.14. The van der Waals surface area contributed by atoms with E-state index in [0.717, 1.165) is 27.8 Å². The minimum atomic E-state index is -1.37. The van der Waals surface area contributed by atoms with Crippen molar-refractivity contribution >= 4 is 23.9 Å². The predicted octanol–water partition coefficient (Wildman–Crippen LogP) is 4.86. The van der Waals surface area contributed by atoms with Gasteiger partial charge < -0.3 is 19.6 Å². The third-order valence-corrected chi connectivity index (χ3v) is 7.25. The van der Waals surface area contributed by atoms with Crippen LogP contribution in [0.2, 0.25) is 0 Å². The summed E-state index contributed by atoms with van der Waals surface area (Å²) < 4.78 is 11.3. The SMILES string of the molecule is O=C(N[C@H](COCc1ccccc1)C(=O)ON1C(=O)c2ccccc2C1=O)OCC1c2ccccc2-c2ccccc21. The summed E-state index contributed by atoms with van der Waals surface area (Å²) in [7, 11) is 0. The van der Waals surface area contributed by atoms with Crippen molar-refractivity contribution in [2.75, 3.05) is 13.2 Å². The summed E-state index contributed by atoms with van der Waals surface area (Å²) in [6, 6.07) is 29.9. The first-order chi connectivity index (χ1) is 20.5. The van der Waals surface area contributed by atoms with Gasteiger partial charge in [-0.05, 0) is 39.9 Å². The minimum absolute atomic E-state index is 0.0326. The van der Waals surface area contributed by atoms with Crippen LogP contribution in [-0.2, 0) is 25.7 Å². The van der Waals surface area contributed by atoms with Gasteiger partial charge in [-0.2, -0.15) is 0 Å². The topological polar surface area (TPSA) is 111 Å². The van der Waals surface area contributed by atoms with Crippen LogP contribution in [-0.4, -0.2) is 48.2 Å². The van der Waals surface area contributed by atoms with Crippen molar-refractivity contribution in [3.8, 4) is 11.1 Å². The Kier molecular flexibility index (Phi) is 7.49. The van der Waals surface area contributed by atoms with E-state index in [-0.39, 0.29) is 36.9 Å². The molecule has 0 aromatic heterocycles. The summed E-state index contributed by atoms with van der Waals surface area (Å²) in [5.41, 5.74) is 5.34. The molecule has 4 aromatic carbocycles. The van der Waals surface area contributed by atoms with E-state index in [1.165, 1.54) is 12.1 Å². The number of alkyl carbamates (subject to hydrolysis) is 1. The van der Waals surface area contributed by atoms with E-state index in [4.69, 9.17) is 14.3 Å². The molecule has 0 saturated heterocycles. The lowest BCUT2D eigenvalue weighted by molar-refractivity contribution is -0.172. The molecule has 0 radical (unpaired) electrons. The maximum absolute atomic E-state index is 13.2. The normalized spacial score (nSPS) is 14.1. The van der Waals surface area contributed by atoms with Gasteiger partial charge in [0.05, 0.1) is 24.3 Å². The summed E-state index contributed by atoms with van der Waals surface area (Å²) >= 11 is 0. The van der Waals surface area contributed by atoms with E-state index in [2.05, 4.69) is 5.32 Å². The maximum Gasteiger partial charge on any atom is 0.407 e. The molecule has 42 heavy (non-hydrogen) atoms. The molecule has 1 heterocycles. The monoisotopic (exact) mass is 562 g/mol. The van der Waals surface area contributed by atoms with Gasteiger partial charge in [-0.25, -0.2) is 9.59 Å². The number of carbonyl (C=O) groups excluding carboxylic acids is 4. The predicted molar refractivity (Wildman–Crippen MR) is 151 cm³/mol. The molecule has 0 fully saturated rings. The zero-order valence-electron chi connectivity index (χ0n) is 22.4. The van der Waals surface area contributed by atoms with Crippen molar-refractivity contribution in [3.63, 3.8) is 0 Å². The number of amides is 3. The second-order valence-electron chi connectivity index (χ2n) is 9.88. The highest BCUT2D eigenvalue weighted by Crippen LogP contribution is 2.44. The summed E-state index contributed by atoms with van der Waals surface area (Å²) in [6.07, 6.45) is -0.871. The lowest BCUT2D eigenvalue weighted by Gasteiger charge is -2.21. The Labute approximate surface area is 241 Å². The minimum Gasteiger partial charge on any atom is -0.449 e. The van der Waals surface area contributed by atoms with Crippen LogP contribution in [0.1, 0.15) is 43.3 Å². The first-order valence-corrected chi connectivity index (χ1v) is 13.4. The van der Waals surface area contributed by atoms with Crippen LogP contribution in [0.5, 0.6) is 0 Å². The third-order valence-electron chi connectivity index (χ3n) is 7.25. The number of nitrogens with one attached hydrogen (secondary N) is 1. The molecule has 0 unspecified atom stereocenters. The number of imide groups is 1. The van der Waals surface area contributed by atoms with Crippen molar-refractivity contribution in [1.82, 2.24) is 10.4 Å². The summed E-state index contributed by atoms with van der Waals surface area (Å²) in [5, 5.41) is 2.89. The highest BCUT2D eigenvalue weighted by molar-refractivity contribution is 6.21. The van der Waals surface area contributed by atoms with Crippen LogP contribution in [0.15, 0.2) is 103 Å². The zero-order valence-corrected chi connectivity index (χ0v) is 22.4. The summed E-state index contributed by atoms with van der Waals surface area (Å²) in [5.74, 6) is -2.77. The fourth-order valence-electron chi connectivity index (χ4n) is 5.22. The molecule has 1 atom stereocenters. The lowest BCUT2D eigenvalue weighted by atomic mass is 9.98. The number of carbonyl (C=O) groups is 4. The van der Waals surface area contributed by atoms with E-state index in [0.29, 0.717) is 5.06 Å². The molecule has 1 aliphatic heterocycles. The number of benzene rings is 4. The van der Waals surface area contributed by atoms with Crippen LogP contribution >= 0.6 is 0 Å². The number of rotatable bonds is 9. The molecule has 1 N–H and O–H groups in total. The molecule has 9 nitrogen and oxygen atoms in total. The van der Waals surface area contributed by atoms with E-state index < -0.39 is 29.9 Å². The average Bonchev–Trinajstić information content (AvgIpc) is 3.47. The van der Waals surface area contributed by atoms with Gasteiger partial charge in [0.1, 0.15) is 6.61 Å². The van der Waals surface area contributed by atoms with Gasteiger partial charge in [-0.1, -0.05) is 96.1 Å². The van der Waals surface area contributed by atoms with Crippen molar-refractivity contribution in [2.24, 2.45) is 0 Å². The van der Waals surface area contributed by atoms with Gasteiger partial charge in [0, 0.05) is 5.92 Å². The number of hydroxylamine groups is 2. The highest BCUT2D eigenvalue weighted by Gasteiger charge is 2.40. The standard InChI is InChI=1S/C33H26N2O7/c36-30-26-16-8-9-17-27(26)31(37)35(30)42-32(38)29(20-40-18-21-10-2-1-3-11-21)34-33(39)41-19-28-24-14-6-4-12-22(24)23-13-5-7-15-25(23)28/h1-17,28-29H,18-20H2,(H,34,39)/t29-/m1/s1. The molecule has 3 amide bonds. The van der Waals surface area contributed by atoms with E-state index in [1.54, 1.807) is 12.1 Å². The van der Waals surface area contributed by atoms with Gasteiger partial charge in [-0.3, -0.25) is 9.59 Å². The Morgan fingerprint density at radius 1 is 0.714 bits per heavy atom. The molecular formula is C33H26N2O7. The molecule has 0 saturated carbocycles. The molecule has 210 valence electrons. The van der Waals surface area contributed by atoms with Gasteiger partial charge in [0.2, 0.25) is 0 Å². The molecule has 0 spiro atoms. The van der Waals surface area contributed by atoms with Crippen LogP contribution in [0.25, 0.3) is 11.1 Å². The van der Waals surface area contributed by atoms with Crippen molar-refractivity contribution < 1.29 is 33.5 Å². The molecule has 9 heteroatoms. The van der Waals surface area contributed by atoms with Gasteiger partial charge in [0.15, 0.2) is 6.04 Å². The zero-order chi connectivity index (χ0) is 29.1. The molecule has 4 aromatic rings. The fraction of sp³-hybridized carbons (Fsp3) is 0.152. The Bertz CT molecular complexity index is 1590. The van der Waals surface area contributed by atoms with E-state index in [9.17, 15) is 19.2 Å². The lowest BCUT2D eigenvalue weighted by Crippen LogP contribution is -2.48. The quantitative estimate of drug-likeness (QED) is 0.290. The second-order valence-corrected chi connectivity index (χ2v) is 9.88. The first kappa shape index (κ1) is 26.9. The number of nitrogens with zero attached hydrogens (tertiary/aromatic N) is 1. The maximum atomic E-state index is 13.2. The number of hydrogen-bond donors (Lipinski definition) is 1. The van der Waals surface area contributed by atoms with Crippen molar-refractivity contribution in [1.29, 1.82) is 0 Å². The largest absolute Gasteiger partial charge is 0.449 e. The average molecular weight is 563 g/mol. The second kappa shape index (κ2) is 11.7. The number of hydrogen-bond acceptors (Lipinski definition) is 7. The molecule has 0 bridgehead atoms. The molecule has 6 rings (SSSR count). The molecule has 1 aliphatic carbocycles. The fourth-order valence-corrected chi connectivity index (χ4v) is 5.22. The van der Waals surface area contributed by atoms with Gasteiger partial charge >= 0.3 is 12.1 Å². The smallest absolute Gasteiger partial charge is 0.407 e. The Hall–Kier alpha value is -5.28. The van der Waals surface area contributed by atoms with Gasteiger partial charge in [-0.15, -0.1) is 0 Å². The van der Waals surface area contributed by atoms with Crippen LogP contribution in [0.4, 0.5) is 4.79 Å². The Morgan fingerprint density at radius 2 is 1.24 bits per heavy atom. The Morgan fingerprint density at radius 3 is 1.83 bits per heavy atom. The third kappa shape index (κ3) is 5.25. The van der Waals surface area contributed by atoms with E-state index in [1.807, 2.05) is 78.9 Å². The summed E-state index contributed by atoms with van der Waals surface area (Å²) in [4.78, 5) is 56.8. The first-order valence-electron chi connectivity index (χ1n) is 13.4. The van der Waals surface area contributed by atoms with Crippen molar-refractivity contribution in [3.05, 3.63) is 131 Å². The van der Waals surface area contributed by atoms with Crippen LogP contribution in [0.3, 0.4) is 0 Å². The number of fused-ring (bicyclic) bond motifs is 4. The van der Waals surface area contributed by atoms with E-state index >= 15 is 0 Å². The summed E-state index contributed by atoms with van der Waals surface area (Å²) in [6.45, 7) is -0.101. The molecular weight excluding hydrogens is 536 g/mol.